The quantitative estimate of drug-likeness (QED) is 0.631. The van der Waals surface area contributed by atoms with Gasteiger partial charge < -0.3 is 14.5 Å². The summed E-state index contributed by atoms with van der Waals surface area (Å²) < 4.78 is 9.85. The van der Waals surface area contributed by atoms with E-state index in [1.54, 1.807) is 0 Å². The number of nitrogens with zero attached hydrogens (tertiary/aromatic N) is 2. The second-order valence-corrected chi connectivity index (χ2v) is 4.81. The van der Waals surface area contributed by atoms with Gasteiger partial charge in [0.15, 0.2) is 0 Å². The van der Waals surface area contributed by atoms with Gasteiger partial charge in [-0.25, -0.2) is 0 Å². The molecule has 7 nitrogen and oxygen atoms in total. The normalized spacial score (nSPS) is 10.1. The Balaban J connectivity index is 1.83. The number of benzene rings is 1. The fraction of sp³-hybridized carbons (Fsp3) is 0.231. The second-order valence-electron chi connectivity index (χ2n) is 3.88. The molecule has 0 radical (unpaired) electrons. The number of hydrogen-bond donors (Lipinski definition) is 1. The van der Waals surface area contributed by atoms with Crippen molar-refractivity contribution in [2.45, 2.75) is 5.22 Å². The fourth-order valence-electron chi connectivity index (χ4n) is 1.39. The first-order chi connectivity index (χ1) is 10.2. The highest BCUT2D eigenvalue weighted by Gasteiger charge is 2.11. The SMILES string of the molecule is COC(=O)CNC(=O)CSc1nnc(-c2ccccc2)o1. The van der Waals surface area contributed by atoms with E-state index in [1.165, 1.54) is 7.11 Å². The molecule has 0 aliphatic rings. The molecule has 110 valence electrons. The van der Waals surface area contributed by atoms with E-state index in [0.717, 1.165) is 17.3 Å². The van der Waals surface area contributed by atoms with Crippen LogP contribution in [0.4, 0.5) is 0 Å². The lowest BCUT2D eigenvalue weighted by atomic mass is 10.2. The van der Waals surface area contributed by atoms with Crippen LogP contribution in [-0.2, 0) is 14.3 Å². The molecule has 1 aromatic heterocycles. The number of carbonyl (C=O) groups is 2. The van der Waals surface area contributed by atoms with Gasteiger partial charge in [-0.1, -0.05) is 30.0 Å². The summed E-state index contributed by atoms with van der Waals surface area (Å²) in [7, 11) is 1.26. The highest BCUT2D eigenvalue weighted by atomic mass is 32.2. The summed E-state index contributed by atoms with van der Waals surface area (Å²) in [6, 6.07) is 9.33. The van der Waals surface area contributed by atoms with Crippen molar-refractivity contribution in [3.8, 4) is 11.5 Å². The minimum absolute atomic E-state index is 0.0768. The molecule has 0 saturated carbocycles. The average Bonchev–Trinajstić information content (AvgIpc) is 3.00. The summed E-state index contributed by atoms with van der Waals surface area (Å²) in [4.78, 5) is 22.4. The number of esters is 1. The Bertz CT molecular complexity index is 615. The van der Waals surface area contributed by atoms with Crippen LogP contribution in [0.15, 0.2) is 40.0 Å². The largest absolute Gasteiger partial charge is 0.468 e. The number of carbonyl (C=O) groups excluding carboxylic acids is 2. The first kappa shape index (κ1) is 15.0. The van der Waals surface area contributed by atoms with Crippen LogP contribution < -0.4 is 5.32 Å². The number of thioether (sulfide) groups is 1. The molecule has 0 unspecified atom stereocenters. The molecule has 1 amide bonds. The van der Waals surface area contributed by atoms with E-state index in [4.69, 9.17) is 4.42 Å². The summed E-state index contributed by atoms with van der Waals surface area (Å²) in [5.74, 6) is -0.344. The highest BCUT2D eigenvalue weighted by molar-refractivity contribution is 7.99. The molecule has 8 heteroatoms. The van der Waals surface area contributed by atoms with Gasteiger partial charge >= 0.3 is 5.97 Å². The third-order valence-electron chi connectivity index (χ3n) is 2.41. The number of nitrogens with one attached hydrogen (secondary N) is 1. The summed E-state index contributed by atoms with van der Waals surface area (Å²) in [6.07, 6.45) is 0. The Labute approximate surface area is 125 Å². The molecular weight excluding hydrogens is 294 g/mol. The molecule has 0 spiro atoms. The van der Waals surface area contributed by atoms with Gasteiger partial charge in [0.2, 0.25) is 11.8 Å². The molecule has 1 aromatic carbocycles. The molecule has 0 aliphatic carbocycles. The van der Waals surface area contributed by atoms with Crippen molar-refractivity contribution in [1.82, 2.24) is 15.5 Å². The maximum absolute atomic E-state index is 11.5. The Morgan fingerprint density at radius 1 is 1.29 bits per heavy atom. The van der Waals surface area contributed by atoms with Gasteiger partial charge in [0.05, 0.1) is 12.9 Å². The zero-order chi connectivity index (χ0) is 15.1. The predicted octanol–water partition coefficient (Wildman–Crippen LogP) is 1.12. The van der Waals surface area contributed by atoms with E-state index in [2.05, 4.69) is 20.3 Å². The third-order valence-corrected chi connectivity index (χ3v) is 3.23. The number of rotatable bonds is 6. The Kier molecular flexibility index (Phi) is 5.33. The zero-order valence-corrected chi connectivity index (χ0v) is 12.1. The minimum Gasteiger partial charge on any atom is -0.468 e. The van der Waals surface area contributed by atoms with Crippen molar-refractivity contribution in [3.05, 3.63) is 30.3 Å². The summed E-state index contributed by atoms with van der Waals surface area (Å²) in [5.41, 5.74) is 0.812. The van der Waals surface area contributed by atoms with Crippen LogP contribution in [0, 0.1) is 0 Å². The van der Waals surface area contributed by atoms with Crippen LogP contribution >= 0.6 is 11.8 Å². The predicted molar refractivity (Wildman–Crippen MR) is 75.5 cm³/mol. The van der Waals surface area contributed by atoms with Crippen LogP contribution in [-0.4, -0.2) is 41.5 Å². The number of hydrogen-bond acceptors (Lipinski definition) is 7. The van der Waals surface area contributed by atoms with Gasteiger partial charge in [0.25, 0.3) is 5.22 Å². The van der Waals surface area contributed by atoms with Crippen LogP contribution in [0.2, 0.25) is 0 Å². The molecule has 0 aliphatic heterocycles. The average molecular weight is 307 g/mol. The van der Waals surface area contributed by atoms with Crippen molar-refractivity contribution in [2.75, 3.05) is 19.4 Å². The summed E-state index contributed by atoms with van der Waals surface area (Å²) >= 11 is 1.10. The van der Waals surface area contributed by atoms with E-state index in [0.29, 0.717) is 11.1 Å². The topological polar surface area (TPSA) is 94.3 Å². The first-order valence-corrected chi connectivity index (χ1v) is 7.03. The van der Waals surface area contributed by atoms with Crippen molar-refractivity contribution < 1.29 is 18.7 Å². The van der Waals surface area contributed by atoms with E-state index in [9.17, 15) is 9.59 Å². The first-order valence-electron chi connectivity index (χ1n) is 6.04. The van der Waals surface area contributed by atoms with Crippen molar-refractivity contribution in [1.29, 1.82) is 0 Å². The van der Waals surface area contributed by atoms with Gasteiger partial charge in [-0.3, -0.25) is 9.59 Å². The van der Waals surface area contributed by atoms with Crippen LogP contribution in [0.1, 0.15) is 0 Å². The van der Waals surface area contributed by atoms with Gasteiger partial charge in [0.1, 0.15) is 6.54 Å². The Hall–Kier alpha value is -2.35. The maximum atomic E-state index is 11.5. The summed E-state index contributed by atoms with van der Waals surface area (Å²) in [6.45, 7) is -0.158. The van der Waals surface area contributed by atoms with Gasteiger partial charge in [-0.05, 0) is 12.1 Å². The van der Waals surface area contributed by atoms with E-state index < -0.39 is 5.97 Å². The number of amides is 1. The molecular formula is C13H13N3O4S. The second kappa shape index (κ2) is 7.44. The summed E-state index contributed by atoms with van der Waals surface area (Å²) in [5, 5.41) is 10.5. The van der Waals surface area contributed by atoms with Gasteiger partial charge in [0, 0.05) is 5.56 Å². The van der Waals surface area contributed by atoms with E-state index in [1.807, 2.05) is 30.3 Å². The molecule has 0 atom stereocenters. The molecule has 2 aromatic rings. The van der Waals surface area contributed by atoms with Crippen LogP contribution in [0.3, 0.4) is 0 Å². The van der Waals surface area contributed by atoms with Crippen molar-refractivity contribution >= 4 is 23.6 Å². The minimum atomic E-state index is -0.502. The molecule has 0 saturated heterocycles. The number of methoxy groups -OCH3 is 1. The van der Waals surface area contributed by atoms with E-state index in [-0.39, 0.29) is 18.2 Å². The molecule has 1 N–H and O–H groups in total. The molecule has 21 heavy (non-hydrogen) atoms. The zero-order valence-electron chi connectivity index (χ0n) is 11.2. The van der Waals surface area contributed by atoms with E-state index >= 15 is 0 Å². The standard InChI is InChI=1S/C13H13N3O4S/c1-19-11(18)7-14-10(17)8-21-13-16-15-12(20-13)9-5-3-2-4-6-9/h2-6H,7-8H2,1H3,(H,14,17). The Morgan fingerprint density at radius 2 is 2.05 bits per heavy atom. The lowest BCUT2D eigenvalue weighted by molar-refractivity contribution is -0.140. The van der Waals surface area contributed by atoms with Crippen molar-refractivity contribution in [3.63, 3.8) is 0 Å². The molecule has 1 heterocycles. The highest BCUT2D eigenvalue weighted by Crippen LogP contribution is 2.22. The van der Waals surface area contributed by atoms with Gasteiger partial charge in [-0.2, -0.15) is 0 Å². The monoisotopic (exact) mass is 307 g/mol. The number of ether oxygens (including phenoxy) is 1. The van der Waals surface area contributed by atoms with Gasteiger partial charge in [-0.15, -0.1) is 10.2 Å². The van der Waals surface area contributed by atoms with Crippen LogP contribution in [0.25, 0.3) is 11.5 Å². The third kappa shape index (κ3) is 4.60. The maximum Gasteiger partial charge on any atom is 0.325 e. The van der Waals surface area contributed by atoms with Crippen molar-refractivity contribution in [2.24, 2.45) is 0 Å². The lowest BCUT2D eigenvalue weighted by Gasteiger charge is -2.01. The smallest absolute Gasteiger partial charge is 0.325 e. The molecule has 0 fully saturated rings. The van der Waals surface area contributed by atoms with Crippen LogP contribution in [0.5, 0.6) is 0 Å². The number of aromatic nitrogens is 2. The molecule has 0 bridgehead atoms. The Morgan fingerprint density at radius 3 is 2.76 bits per heavy atom. The fourth-order valence-corrected chi connectivity index (χ4v) is 1.98. The molecule has 2 rings (SSSR count). The lowest BCUT2D eigenvalue weighted by Crippen LogP contribution is -2.31.